The van der Waals surface area contributed by atoms with Crippen LogP contribution in [-0.2, 0) is 0 Å². The standard InChI is InChI=1S/C10H13NO2/c1-7-9(6-12)13-10(11-7)8-4-2-3-5-8/h6,8H,2-5H2,1H3. The Labute approximate surface area is 77.2 Å². The number of aldehydes is 1. The van der Waals surface area contributed by atoms with Crippen LogP contribution < -0.4 is 0 Å². The van der Waals surface area contributed by atoms with Crippen molar-refractivity contribution >= 4 is 6.29 Å². The summed E-state index contributed by atoms with van der Waals surface area (Å²) in [5.74, 6) is 1.60. The molecule has 0 saturated heterocycles. The molecular formula is C10H13NO2. The molecule has 0 unspecified atom stereocenters. The molecule has 1 saturated carbocycles. The predicted octanol–water partition coefficient (Wildman–Crippen LogP) is 2.45. The summed E-state index contributed by atoms with van der Waals surface area (Å²) in [5.41, 5.74) is 0.719. The highest BCUT2D eigenvalue weighted by molar-refractivity contribution is 5.71. The number of oxazole rings is 1. The van der Waals surface area contributed by atoms with Gasteiger partial charge in [0.15, 0.2) is 17.9 Å². The predicted molar refractivity (Wildman–Crippen MR) is 47.8 cm³/mol. The minimum atomic E-state index is 0.391. The zero-order valence-electron chi connectivity index (χ0n) is 7.75. The van der Waals surface area contributed by atoms with E-state index < -0.39 is 0 Å². The number of nitrogens with zero attached hydrogens (tertiary/aromatic N) is 1. The Morgan fingerprint density at radius 3 is 2.69 bits per heavy atom. The molecule has 1 fully saturated rings. The zero-order valence-corrected chi connectivity index (χ0v) is 7.75. The molecule has 0 bridgehead atoms. The molecule has 3 nitrogen and oxygen atoms in total. The van der Waals surface area contributed by atoms with Crippen LogP contribution in [0.15, 0.2) is 4.42 Å². The van der Waals surface area contributed by atoms with Crippen molar-refractivity contribution in [1.82, 2.24) is 4.98 Å². The van der Waals surface area contributed by atoms with Gasteiger partial charge in [0.2, 0.25) is 0 Å². The van der Waals surface area contributed by atoms with E-state index in [1.807, 2.05) is 6.92 Å². The van der Waals surface area contributed by atoms with Crippen LogP contribution in [-0.4, -0.2) is 11.3 Å². The van der Waals surface area contributed by atoms with Gasteiger partial charge in [-0.25, -0.2) is 4.98 Å². The summed E-state index contributed by atoms with van der Waals surface area (Å²) >= 11 is 0. The molecule has 1 aromatic heterocycles. The molecule has 3 heteroatoms. The SMILES string of the molecule is Cc1nc(C2CCCC2)oc1C=O. The minimum Gasteiger partial charge on any atom is -0.437 e. The quantitative estimate of drug-likeness (QED) is 0.655. The molecule has 0 atom stereocenters. The van der Waals surface area contributed by atoms with Gasteiger partial charge in [-0.05, 0) is 19.8 Å². The summed E-state index contributed by atoms with van der Waals surface area (Å²) in [7, 11) is 0. The van der Waals surface area contributed by atoms with E-state index in [0.29, 0.717) is 11.7 Å². The lowest BCUT2D eigenvalue weighted by Crippen LogP contribution is -1.91. The molecule has 1 aromatic rings. The molecule has 0 aromatic carbocycles. The van der Waals surface area contributed by atoms with Gasteiger partial charge in [-0.2, -0.15) is 0 Å². The van der Waals surface area contributed by atoms with Crippen molar-refractivity contribution in [3.8, 4) is 0 Å². The third kappa shape index (κ3) is 1.50. The lowest BCUT2D eigenvalue weighted by atomic mass is 10.1. The van der Waals surface area contributed by atoms with Gasteiger partial charge in [0.25, 0.3) is 0 Å². The fraction of sp³-hybridized carbons (Fsp3) is 0.600. The van der Waals surface area contributed by atoms with Crippen molar-refractivity contribution in [1.29, 1.82) is 0 Å². The van der Waals surface area contributed by atoms with E-state index in [4.69, 9.17) is 4.42 Å². The molecule has 1 heterocycles. The van der Waals surface area contributed by atoms with Gasteiger partial charge in [0.05, 0.1) is 5.69 Å². The van der Waals surface area contributed by atoms with E-state index in [2.05, 4.69) is 4.98 Å². The van der Waals surface area contributed by atoms with E-state index in [9.17, 15) is 4.79 Å². The molecule has 0 spiro atoms. The highest BCUT2D eigenvalue weighted by atomic mass is 16.4. The van der Waals surface area contributed by atoms with Crippen LogP contribution in [0, 0.1) is 6.92 Å². The normalized spacial score (nSPS) is 17.9. The summed E-state index contributed by atoms with van der Waals surface area (Å²) < 4.78 is 5.37. The first-order valence-electron chi connectivity index (χ1n) is 4.74. The van der Waals surface area contributed by atoms with Crippen LogP contribution in [0.25, 0.3) is 0 Å². The van der Waals surface area contributed by atoms with Crippen molar-refractivity contribution < 1.29 is 9.21 Å². The first-order chi connectivity index (χ1) is 6.31. The molecule has 0 aliphatic heterocycles. The second-order valence-electron chi connectivity index (χ2n) is 3.60. The molecular weight excluding hydrogens is 166 g/mol. The minimum absolute atomic E-state index is 0.391. The van der Waals surface area contributed by atoms with Gasteiger partial charge in [0, 0.05) is 5.92 Å². The fourth-order valence-corrected chi connectivity index (χ4v) is 1.89. The van der Waals surface area contributed by atoms with Gasteiger partial charge in [-0.15, -0.1) is 0 Å². The monoisotopic (exact) mass is 179 g/mol. The topological polar surface area (TPSA) is 43.1 Å². The molecule has 1 aliphatic carbocycles. The number of aryl methyl sites for hydroxylation is 1. The summed E-state index contributed by atoms with van der Waals surface area (Å²) in [4.78, 5) is 14.8. The highest BCUT2D eigenvalue weighted by Gasteiger charge is 2.22. The zero-order chi connectivity index (χ0) is 9.26. The van der Waals surface area contributed by atoms with Gasteiger partial charge in [-0.3, -0.25) is 4.79 Å². The van der Waals surface area contributed by atoms with Crippen LogP contribution in [0.2, 0.25) is 0 Å². The summed E-state index contributed by atoms with van der Waals surface area (Å²) in [6, 6.07) is 0. The first-order valence-corrected chi connectivity index (χ1v) is 4.74. The molecule has 0 N–H and O–H groups in total. The molecule has 0 amide bonds. The van der Waals surface area contributed by atoms with Crippen molar-refractivity contribution in [3.63, 3.8) is 0 Å². The molecule has 1 aliphatic rings. The third-order valence-corrected chi connectivity index (χ3v) is 2.66. The van der Waals surface area contributed by atoms with Gasteiger partial charge < -0.3 is 4.42 Å². The van der Waals surface area contributed by atoms with Crippen LogP contribution in [0.3, 0.4) is 0 Å². The number of hydrogen-bond donors (Lipinski definition) is 0. The smallest absolute Gasteiger partial charge is 0.198 e. The number of rotatable bonds is 2. The average molecular weight is 179 g/mol. The number of carbonyl (C=O) groups excluding carboxylic acids is 1. The maximum atomic E-state index is 10.5. The maximum Gasteiger partial charge on any atom is 0.198 e. The van der Waals surface area contributed by atoms with E-state index >= 15 is 0 Å². The number of aromatic nitrogens is 1. The second-order valence-corrected chi connectivity index (χ2v) is 3.60. The Morgan fingerprint density at radius 1 is 1.46 bits per heavy atom. The van der Waals surface area contributed by atoms with Gasteiger partial charge >= 0.3 is 0 Å². The lowest BCUT2D eigenvalue weighted by molar-refractivity contribution is 0.109. The Bertz CT molecular complexity index is 311. The lowest BCUT2D eigenvalue weighted by Gasteiger charge is -2.00. The first kappa shape index (κ1) is 8.48. The summed E-state index contributed by atoms with van der Waals surface area (Å²) in [6.07, 6.45) is 5.54. The largest absolute Gasteiger partial charge is 0.437 e. The summed E-state index contributed by atoms with van der Waals surface area (Å²) in [5, 5.41) is 0. The van der Waals surface area contributed by atoms with Crippen molar-refractivity contribution in [2.24, 2.45) is 0 Å². The Balaban J connectivity index is 2.24. The van der Waals surface area contributed by atoms with Gasteiger partial charge in [-0.1, -0.05) is 12.8 Å². The Morgan fingerprint density at radius 2 is 2.15 bits per heavy atom. The fourth-order valence-electron chi connectivity index (χ4n) is 1.89. The Kier molecular flexibility index (Phi) is 2.17. The molecule has 0 radical (unpaired) electrons. The second kappa shape index (κ2) is 3.32. The van der Waals surface area contributed by atoms with Crippen molar-refractivity contribution in [3.05, 3.63) is 17.3 Å². The van der Waals surface area contributed by atoms with Crippen molar-refractivity contribution in [2.45, 2.75) is 38.5 Å². The average Bonchev–Trinajstić information content (AvgIpc) is 2.71. The van der Waals surface area contributed by atoms with Gasteiger partial charge in [0.1, 0.15) is 0 Å². The van der Waals surface area contributed by atoms with E-state index in [1.165, 1.54) is 12.8 Å². The maximum absolute atomic E-state index is 10.5. The van der Waals surface area contributed by atoms with Crippen LogP contribution in [0.5, 0.6) is 0 Å². The highest BCUT2D eigenvalue weighted by Crippen LogP contribution is 2.33. The third-order valence-electron chi connectivity index (χ3n) is 2.66. The number of carbonyl (C=O) groups is 1. The van der Waals surface area contributed by atoms with E-state index in [0.717, 1.165) is 30.7 Å². The van der Waals surface area contributed by atoms with Crippen LogP contribution >= 0.6 is 0 Å². The number of hydrogen-bond acceptors (Lipinski definition) is 3. The molecule has 70 valence electrons. The van der Waals surface area contributed by atoms with E-state index in [1.54, 1.807) is 0 Å². The Hall–Kier alpha value is -1.12. The van der Waals surface area contributed by atoms with Crippen LogP contribution in [0.1, 0.15) is 53.7 Å². The molecule has 13 heavy (non-hydrogen) atoms. The summed E-state index contributed by atoms with van der Waals surface area (Å²) in [6.45, 7) is 1.81. The van der Waals surface area contributed by atoms with E-state index in [-0.39, 0.29) is 0 Å². The van der Waals surface area contributed by atoms with Crippen LogP contribution in [0.4, 0.5) is 0 Å². The molecule has 2 rings (SSSR count). The van der Waals surface area contributed by atoms with Crippen molar-refractivity contribution in [2.75, 3.05) is 0 Å².